The smallest absolute Gasteiger partial charge is 0.288 e. The molecule has 0 bridgehead atoms. The minimum Gasteiger partial charge on any atom is -0.376 e. The first kappa shape index (κ1) is 16.6. The van der Waals surface area contributed by atoms with Gasteiger partial charge in [-0.3, -0.25) is 4.79 Å². The number of aromatic nitrogens is 2. The standard InChI is InChI=1S/C17H22ClN3O/c1-11-8-6-7-9-13(11)12(2)20-14-10-19-21(17(3,4)5)16(22)15(14)18/h6-10,12,20H,1-5H3/t12-/m1/s1. The number of hydrogen-bond donors (Lipinski definition) is 1. The highest BCUT2D eigenvalue weighted by Gasteiger charge is 2.20. The summed E-state index contributed by atoms with van der Waals surface area (Å²) in [6, 6.07) is 8.16. The molecule has 0 radical (unpaired) electrons. The number of benzene rings is 1. The number of rotatable bonds is 3. The largest absolute Gasteiger partial charge is 0.376 e. The lowest BCUT2D eigenvalue weighted by molar-refractivity contribution is 0.338. The molecule has 118 valence electrons. The lowest BCUT2D eigenvalue weighted by Crippen LogP contribution is -2.36. The zero-order chi connectivity index (χ0) is 16.5. The summed E-state index contributed by atoms with van der Waals surface area (Å²) in [6.45, 7) is 9.85. The van der Waals surface area contributed by atoms with Gasteiger partial charge in [-0.05, 0) is 45.7 Å². The molecular weight excluding hydrogens is 298 g/mol. The van der Waals surface area contributed by atoms with E-state index in [2.05, 4.69) is 29.5 Å². The summed E-state index contributed by atoms with van der Waals surface area (Å²) in [5.74, 6) is 0. The molecule has 0 fully saturated rings. The molecule has 22 heavy (non-hydrogen) atoms. The van der Waals surface area contributed by atoms with Gasteiger partial charge in [0.05, 0.1) is 17.4 Å². The van der Waals surface area contributed by atoms with E-state index >= 15 is 0 Å². The molecule has 0 aliphatic rings. The normalized spacial score (nSPS) is 13.0. The van der Waals surface area contributed by atoms with E-state index in [4.69, 9.17) is 11.6 Å². The molecule has 0 saturated carbocycles. The number of aryl methyl sites for hydroxylation is 1. The van der Waals surface area contributed by atoms with Gasteiger partial charge in [0.25, 0.3) is 5.56 Å². The van der Waals surface area contributed by atoms with Gasteiger partial charge in [-0.25, -0.2) is 4.68 Å². The number of hydrogen-bond acceptors (Lipinski definition) is 3. The summed E-state index contributed by atoms with van der Waals surface area (Å²) in [6.07, 6.45) is 1.61. The van der Waals surface area contributed by atoms with Crippen LogP contribution in [0, 0.1) is 6.92 Å². The van der Waals surface area contributed by atoms with Crippen molar-refractivity contribution < 1.29 is 0 Å². The predicted octanol–water partition coefficient (Wildman–Crippen LogP) is 4.13. The Morgan fingerprint density at radius 3 is 2.50 bits per heavy atom. The highest BCUT2D eigenvalue weighted by molar-refractivity contribution is 6.32. The molecule has 0 spiro atoms. The minimum atomic E-state index is -0.402. The molecule has 1 N–H and O–H groups in total. The molecule has 2 aromatic rings. The van der Waals surface area contributed by atoms with Crippen molar-refractivity contribution in [3.8, 4) is 0 Å². The second-order valence-electron chi connectivity index (χ2n) is 6.48. The molecule has 0 amide bonds. The van der Waals surface area contributed by atoms with Gasteiger partial charge in [0.2, 0.25) is 0 Å². The van der Waals surface area contributed by atoms with Crippen molar-refractivity contribution >= 4 is 17.3 Å². The van der Waals surface area contributed by atoms with Crippen LogP contribution in [0.5, 0.6) is 0 Å². The lowest BCUT2D eigenvalue weighted by Gasteiger charge is -2.23. The molecule has 1 heterocycles. The van der Waals surface area contributed by atoms with Gasteiger partial charge >= 0.3 is 0 Å². The Labute approximate surface area is 136 Å². The maximum Gasteiger partial charge on any atom is 0.288 e. The molecule has 1 atom stereocenters. The summed E-state index contributed by atoms with van der Waals surface area (Å²) in [7, 11) is 0. The van der Waals surface area contributed by atoms with Crippen LogP contribution in [0.15, 0.2) is 35.3 Å². The van der Waals surface area contributed by atoms with Crippen molar-refractivity contribution in [3.05, 3.63) is 57.0 Å². The molecule has 1 aromatic heterocycles. The molecule has 0 saturated heterocycles. The lowest BCUT2D eigenvalue weighted by atomic mass is 10.0. The number of halogens is 1. The van der Waals surface area contributed by atoms with Crippen LogP contribution in [0.25, 0.3) is 0 Å². The first-order valence-electron chi connectivity index (χ1n) is 7.32. The van der Waals surface area contributed by atoms with Crippen LogP contribution in [0.3, 0.4) is 0 Å². The van der Waals surface area contributed by atoms with E-state index in [0.29, 0.717) is 5.69 Å². The summed E-state index contributed by atoms with van der Waals surface area (Å²) in [5.41, 5.74) is 2.23. The molecular formula is C17H22ClN3O. The van der Waals surface area contributed by atoms with E-state index in [1.165, 1.54) is 15.8 Å². The minimum absolute atomic E-state index is 0.0328. The van der Waals surface area contributed by atoms with Gasteiger partial charge in [-0.2, -0.15) is 5.10 Å². The van der Waals surface area contributed by atoms with Gasteiger partial charge in [0.15, 0.2) is 0 Å². The van der Waals surface area contributed by atoms with Crippen molar-refractivity contribution in [1.82, 2.24) is 9.78 Å². The van der Waals surface area contributed by atoms with Gasteiger partial charge in [-0.15, -0.1) is 0 Å². The van der Waals surface area contributed by atoms with Crippen LogP contribution >= 0.6 is 11.6 Å². The van der Waals surface area contributed by atoms with E-state index in [1.54, 1.807) is 6.20 Å². The maximum atomic E-state index is 12.3. The highest BCUT2D eigenvalue weighted by atomic mass is 35.5. The summed E-state index contributed by atoms with van der Waals surface area (Å²) < 4.78 is 1.40. The Kier molecular flexibility index (Phi) is 4.61. The van der Waals surface area contributed by atoms with Crippen molar-refractivity contribution in [3.63, 3.8) is 0 Å². The fourth-order valence-electron chi connectivity index (χ4n) is 2.39. The van der Waals surface area contributed by atoms with E-state index in [-0.39, 0.29) is 16.6 Å². The van der Waals surface area contributed by atoms with Crippen LogP contribution < -0.4 is 10.9 Å². The van der Waals surface area contributed by atoms with Crippen LogP contribution in [-0.4, -0.2) is 9.78 Å². The topological polar surface area (TPSA) is 46.9 Å². The average molecular weight is 320 g/mol. The number of nitrogens with one attached hydrogen (secondary N) is 1. The Hall–Kier alpha value is -1.81. The molecule has 1 aromatic carbocycles. The Morgan fingerprint density at radius 2 is 1.91 bits per heavy atom. The molecule has 0 aliphatic heterocycles. The SMILES string of the molecule is Cc1ccccc1[C@@H](C)Nc1cnn(C(C)(C)C)c(=O)c1Cl. The zero-order valence-corrected chi connectivity index (χ0v) is 14.4. The maximum absolute atomic E-state index is 12.3. The average Bonchev–Trinajstić information content (AvgIpc) is 2.43. The van der Waals surface area contributed by atoms with Gasteiger partial charge < -0.3 is 5.32 Å². The number of anilines is 1. The Bertz CT molecular complexity index is 731. The van der Waals surface area contributed by atoms with E-state index in [1.807, 2.05) is 39.8 Å². The summed E-state index contributed by atoms with van der Waals surface area (Å²) >= 11 is 6.24. The van der Waals surface area contributed by atoms with Crippen molar-refractivity contribution in [2.75, 3.05) is 5.32 Å². The third kappa shape index (κ3) is 3.33. The Morgan fingerprint density at radius 1 is 1.27 bits per heavy atom. The molecule has 0 aliphatic carbocycles. The predicted molar refractivity (Wildman–Crippen MR) is 91.7 cm³/mol. The second kappa shape index (κ2) is 6.13. The molecule has 2 rings (SSSR count). The molecule has 4 nitrogen and oxygen atoms in total. The fraction of sp³-hybridized carbons (Fsp3) is 0.412. The van der Waals surface area contributed by atoms with E-state index in [0.717, 1.165) is 0 Å². The van der Waals surface area contributed by atoms with E-state index < -0.39 is 5.54 Å². The third-order valence-electron chi connectivity index (χ3n) is 3.58. The van der Waals surface area contributed by atoms with Crippen LogP contribution in [0.4, 0.5) is 5.69 Å². The number of nitrogens with zero attached hydrogens (tertiary/aromatic N) is 2. The van der Waals surface area contributed by atoms with Crippen molar-refractivity contribution in [2.45, 2.75) is 46.2 Å². The van der Waals surface area contributed by atoms with Crippen molar-refractivity contribution in [2.24, 2.45) is 0 Å². The molecule has 0 unspecified atom stereocenters. The van der Waals surface area contributed by atoms with Crippen LogP contribution in [-0.2, 0) is 5.54 Å². The first-order valence-corrected chi connectivity index (χ1v) is 7.70. The van der Waals surface area contributed by atoms with Gasteiger partial charge in [-0.1, -0.05) is 35.9 Å². The van der Waals surface area contributed by atoms with Gasteiger partial charge in [0, 0.05) is 6.04 Å². The summed E-state index contributed by atoms with van der Waals surface area (Å²) in [4.78, 5) is 12.3. The third-order valence-corrected chi connectivity index (χ3v) is 3.95. The monoisotopic (exact) mass is 319 g/mol. The van der Waals surface area contributed by atoms with Crippen molar-refractivity contribution in [1.29, 1.82) is 0 Å². The highest BCUT2D eigenvalue weighted by Crippen LogP contribution is 2.25. The molecule has 5 heteroatoms. The van der Waals surface area contributed by atoms with Gasteiger partial charge in [0.1, 0.15) is 5.02 Å². The fourth-order valence-corrected chi connectivity index (χ4v) is 2.58. The van der Waals surface area contributed by atoms with E-state index in [9.17, 15) is 4.79 Å². The van der Waals surface area contributed by atoms with Crippen LogP contribution in [0.2, 0.25) is 5.02 Å². The zero-order valence-electron chi connectivity index (χ0n) is 13.6. The van der Waals surface area contributed by atoms with Crippen LogP contribution in [0.1, 0.15) is 44.9 Å². The first-order chi connectivity index (χ1) is 10.2. The quantitative estimate of drug-likeness (QED) is 0.925. The Balaban J connectivity index is 2.34. The summed E-state index contributed by atoms with van der Waals surface area (Å²) in [5, 5.41) is 7.69. The second-order valence-corrected chi connectivity index (χ2v) is 6.86.